The highest BCUT2D eigenvalue weighted by Gasteiger charge is 2.22. The fourth-order valence-corrected chi connectivity index (χ4v) is 5.46. The first-order valence-electron chi connectivity index (χ1n) is 11.5. The number of aromatic nitrogens is 2. The van der Waals surface area contributed by atoms with Crippen LogP contribution in [0.4, 0.5) is 5.82 Å². The summed E-state index contributed by atoms with van der Waals surface area (Å²) in [6, 6.07) is 20.6. The van der Waals surface area contributed by atoms with E-state index < -0.39 is 0 Å². The maximum atomic E-state index is 9.05. The highest BCUT2D eigenvalue weighted by atomic mass is 32.1. The van der Waals surface area contributed by atoms with Gasteiger partial charge in [-0.05, 0) is 29.7 Å². The molecule has 5 rings (SSSR count). The smallest absolute Gasteiger partial charge is 0.158 e. The molecule has 1 aliphatic rings. The lowest BCUT2D eigenvalue weighted by atomic mass is 10.1. The molecule has 0 atom stereocenters. The molecule has 1 fully saturated rings. The lowest BCUT2D eigenvalue weighted by molar-refractivity contribution is 0.178. The molecule has 1 aliphatic heterocycles. The Balaban J connectivity index is 1.43. The first kappa shape index (κ1) is 22.5. The van der Waals surface area contributed by atoms with Gasteiger partial charge < -0.3 is 9.64 Å². The average Bonchev–Trinajstić information content (AvgIpc) is 3.17. The number of nitrogens with zero attached hydrogens (tertiary/aromatic N) is 5. The van der Waals surface area contributed by atoms with Crippen molar-refractivity contribution in [3.05, 3.63) is 76.9 Å². The molecular formula is C27H27N5OS. The highest BCUT2D eigenvalue weighted by Crippen LogP contribution is 2.38. The molecule has 0 aliphatic carbocycles. The van der Waals surface area contributed by atoms with Crippen LogP contribution in [0.25, 0.3) is 21.3 Å². The van der Waals surface area contributed by atoms with Crippen molar-refractivity contribution in [1.82, 2.24) is 14.9 Å². The van der Waals surface area contributed by atoms with Gasteiger partial charge in [-0.3, -0.25) is 4.90 Å². The second-order valence-electron chi connectivity index (χ2n) is 8.52. The molecule has 172 valence electrons. The van der Waals surface area contributed by atoms with Gasteiger partial charge in [0.1, 0.15) is 17.3 Å². The maximum absolute atomic E-state index is 9.05. The van der Waals surface area contributed by atoms with Gasteiger partial charge in [0, 0.05) is 50.8 Å². The molecule has 3 heterocycles. The van der Waals surface area contributed by atoms with Gasteiger partial charge in [-0.1, -0.05) is 42.5 Å². The number of methoxy groups -OCH3 is 1. The van der Waals surface area contributed by atoms with Gasteiger partial charge in [-0.2, -0.15) is 5.26 Å². The molecule has 0 radical (unpaired) electrons. The van der Waals surface area contributed by atoms with Gasteiger partial charge in [0.05, 0.1) is 17.0 Å². The monoisotopic (exact) mass is 469 g/mol. The molecule has 0 saturated carbocycles. The van der Waals surface area contributed by atoms with E-state index in [1.165, 1.54) is 16.7 Å². The molecule has 2 aromatic heterocycles. The summed E-state index contributed by atoms with van der Waals surface area (Å²) in [5.74, 6) is 1.74. The summed E-state index contributed by atoms with van der Waals surface area (Å²) >= 11 is 1.67. The Hall–Kier alpha value is -3.31. The molecule has 4 aromatic rings. The fraction of sp³-hybridized carbons (Fsp3) is 0.296. The van der Waals surface area contributed by atoms with Gasteiger partial charge >= 0.3 is 0 Å². The fourth-order valence-electron chi connectivity index (χ4n) is 4.50. The van der Waals surface area contributed by atoms with Crippen LogP contribution in [0.1, 0.15) is 23.4 Å². The summed E-state index contributed by atoms with van der Waals surface area (Å²) in [7, 11) is 1.68. The molecule has 1 saturated heterocycles. The van der Waals surface area contributed by atoms with Gasteiger partial charge in [0.15, 0.2) is 5.82 Å². The summed E-state index contributed by atoms with van der Waals surface area (Å²) in [6.45, 7) is 5.13. The third-order valence-corrected chi connectivity index (χ3v) is 7.07. The molecular weight excluding hydrogens is 442 g/mol. The molecule has 0 bridgehead atoms. The molecule has 2 aromatic carbocycles. The van der Waals surface area contributed by atoms with Gasteiger partial charge in [0.2, 0.25) is 0 Å². The normalized spacial score (nSPS) is 14.8. The van der Waals surface area contributed by atoms with Crippen LogP contribution in [-0.2, 0) is 17.9 Å². The third-order valence-electron chi connectivity index (χ3n) is 6.20. The molecule has 7 heteroatoms. The van der Waals surface area contributed by atoms with Crippen LogP contribution < -0.4 is 4.90 Å². The van der Waals surface area contributed by atoms with Crippen molar-refractivity contribution in [3.63, 3.8) is 0 Å². The Kier molecular flexibility index (Phi) is 6.82. The molecule has 6 nitrogen and oxygen atoms in total. The van der Waals surface area contributed by atoms with E-state index in [-0.39, 0.29) is 0 Å². The average molecular weight is 470 g/mol. The van der Waals surface area contributed by atoms with Crippen molar-refractivity contribution in [2.24, 2.45) is 0 Å². The largest absolute Gasteiger partial charge is 0.377 e. The van der Waals surface area contributed by atoms with E-state index in [1.54, 1.807) is 18.4 Å². The first-order chi connectivity index (χ1) is 16.7. The van der Waals surface area contributed by atoms with Crippen LogP contribution in [0.2, 0.25) is 0 Å². The maximum Gasteiger partial charge on any atom is 0.158 e. The molecule has 0 spiro atoms. The van der Waals surface area contributed by atoms with Crippen molar-refractivity contribution >= 4 is 27.4 Å². The first-order valence-corrected chi connectivity index (χ1v) is 12.4. The van der Waals surface area contributed by atoms with Gasteiger partial charge in [-0.25, -0.2) is 9.97 Å². The van der Waals surface area contributed by atoms with Crippen LogP contribution in [-0.4, -0.2) is 48.2 Å². The molecule has 0 amide bonds. The van der Waals surface area contributed by atoms with E-state index in [9.17, 15) is 0 Å². The van der Waals surface area contributed by atoms with Crippen molar-refractivity contribution in [2.45, 2.75) is 19.6 Å². The summed E-state index contributed by atoms with van der Waals surface area (Å²) < 4.78 is 5.37. The van der Waals surface area contributed by atoms with Gasteiger partial charge in [0.25, 0.3) is 0 Å². The Morgan fingerprint density at radius 2 is 1.82 bits per heavy atom. The van der Waals surface area contributed by atoms with Crippen LogP contribution in [0.5, 0.6) is 0 Å². The van der Waals surface area contributed by atoms with E-state index in [2.05, 4.69) is 57.6 Å². The number of rotatable bonds is 6. The number of fused-ring (bicyclic) bond motifs is 1. The van der Waals surface area contributed by atoms with Gasteiger partial charge in [-0.15, -0.1) is 11.3 Å². The highest BCUT2D eigenvalue weighted by molar-refractivity contribution is 7.17. The van der Waals surface area contributed by atoms with Crippen LogP contribution in [0.3, 0.4) is 0 Å². The number of ether oxygens (including phenoxy) is 1. The number of nitriles is 1. The number of hydrogen-bond donors (Lipinski definition) is 0. The van der Waals surface area contributed by atoms with E-state index in [0.29, 0.717) is 12.2 Å². The van der Waals surface area contributed by atoms with Crippen molar-refractivity contribution in [2.75, 3.05) is 38.2 Å². The van der Waals surface area contributed by atoms with Crippen LogP contribution in [0, 0.1) is 11.3 Å². The lowest BCUT2D eigenvalue weighted by Crippen LogP contribution is -2.31. The standard InChI is InChI=1S/C27H27N5OS/c1-33-18-24-29-26(25-23(19-34-27(25)30-24)22-6-3-2-4-7-22)32-13-5-12-31(14-15-32)17-21-10-8-20(16-28)9-11-21/h2-4,6-11,19H,5,12-15,17-18H2,1H3. The minimum absolute atomic E-state index is 0.403. The third kappa shape index (κ3) is 4.80. The summed E-state index contributed by atoms with van der Waals surface area (Å²) in [6.07, 6.45) is 1.06. The Morgan fingerprint density at radius 1 is 1.00 bits per heavy atom. The predicted molar refractivity (Wildman–Crippen MR) is 137 cm³/mol. The van der Waals surface area contributed by atoms with E-state index >= 15 is 0 Å². The SMILES string of the molecule is COCc1nc(N2CCCN(Cc3ccc(C#N)cc3)CC2)c2c(-c3ccccc3)csc2n1. The van der Waals surface area contributed by atoms with E-state index in [0.717, 1.165) is 61.0 Å². The van der Waals surface area contributed by atoms with Crippen molar-refractivity contribution in [3.8, 4) is 17.2 Å². The second kappa shape index (κ2) is 10.3. The Labute approximate surface area is 204 Å². The summed E-state index contributed by atoms with van der Waals surface area (Å²) in [5, 5.41) is 12.4. The lowest BCUT2D eigenvalue weighted by Gasteiger charge is -2.24. The zero-order valence-electron chi connectivity index (χ0n) is 19.3. The minimum atomic E-state index is 0.403. The number of benzene rings is 2. The predicted octanol–water partition coefficient (Wildman–Crippen LogP) is 5.09. The summed E-state index contributed by atoms with van der Waals surface area (Å²) in [4.78, 5) is 15.7. The van der Waals surface area contributed by atoms with E-state index in [1.807, 2.05) is 18.2 Å². The topological polar surface area (TPSA) is 65.3 Å². The van der Waals surface area contributed by atoms with Crippen LogP contribution in [0.15, 0.2) is 60.0 Å². The zero-order chi connectivity index (χ0) is 23.3. The number of anilines is 1. The Bertz CT molecular complexity index is 1300. The van der Waals surface area contributed by atoms with Crippen molar-refractivity contribution < 1.29 is 4.74 Å². The molecule has 0 N–H and O–H groups in total. The number of hydrogen-bond acceptors (Lipinski definition) is 7. The second-order valence-corrected chi connectivity index (χ2v) is 9.38. The zero-order valence-corrected chi connectivity index (χ0v) is 20.1. The Morgan fingerprint density at radius 3 is 2.59 bits per heavy atom. The van der Waals surface area contributed by atoms with Crippen molar-refractivity contribution in [1.29, 1.82) is 5.26 Å². The molecule has 34 heavy (non-hydrogen) atoms. The molecule has 0 unspecified atom stereocenters. The minimum Gasteiger partial charge on any atom is -0.377 e. The quantitative estimate of drug-likeness (QED) is 0.392. The van der Waals surface area contributed by atoms with Crippen LogP contribution >= 0.6 is 11.3 Å². The number of thiophene rings is 1. The van der Waals surface area contributed by atoms with E-state index in [4.69, 9.17) is 20.0 Å². The summed E-state index contributed by atoms with van der Waals surface area (Å²) in [5.41, 5.74) is 4.33.